The van der Waals surface area contributed by atoms with Crippen LogP contribution in [0.5, 0.6) is 0 Å². The SMILES string of the molecule is CCCNCC1CCCCN1c1nc(C2CC2)ns1. The Hall–Kier alpha value is -0.680. The summed E-state index contributed by atoms with van der Waals surface area (Å²) in [5, 5.41) is 4.72. The van der Waals surface area contributed by atoms with Gasteiger partial charge in [0.25, 0.3) is 0 Å². The van der Waals surface area contributed by atoms with Crippen LogP contribution < -0.4 is 10.2 Å². The molecule has 19 heavy (non-hydrogen) atoms. The molecule has 1 atom stereocenters. The second-order valence-corrected chi connectivity index (χ2v) is 6.49. The van der Waals surface area contributed by atoms with Crippen molar-refractivity contribution in [3.05, 3.63) is 5.82 Å². The minimum absolute atomic E-state index is 0.611. The molecular formula is C14H24N4S. The molecule has 1 N–H and O–H groups in total. The van der Waals surface area contributed by atoms with Crippen molar-refractivity contribution in [3.8, 4) is 0 Å². The minimum atomic E-state index is 0.611. The Balaban J connectivity index is 1.64. The lowest BCUT2D eigenvalue weighted by Gasteiger charge is -2.35. The molecule has 0 bridgehead atoms. The molecule has 106 valence electrons. The van der Waals surface area contributed by atoms with Crippen LogP contribution in [0.25, 0.3) is 0 Å². The molecule has 1 saturated heterocycles. The van der Waals surface area contributed by atoms with Gasteiger partial charge in [0.05, 0.1) is 0 Å². The molecule has 0 amide bonds. The summed E-state index contributed by atoms with van der Waals surface area (Å²) < 4.78 is 4.55. The number of nitrogens with zero attached hydrogens (tertiary/aromatic N) is 3. The Labute approximate surface area is 119 Å². The van der Waals surface area contributed by atoms with Crippen molar-refractivity contribution in [2.75, 3.05) is 24.5 Å². The van der Waals surface area contributed by atoms with Crippen molar-refractivity contribution in [2.45, 2.75) is 57.4 Å². The Morgan fingerprint density at radius 1 is 1.32 bits per heavy atom. The van der Waals surface area contributed by atoms with E-state index in [1.54, 1.807) is 11.5 Å². The molecule has 0 radical (unpaired) electrons. The van der Waals surface area contributed by atoms with Gasteiger partial charge in [0.15, 0.2) is 0 Å². The van der Waals surface area contributed by atoms with E-state index in [-0.39, 0.29) is 0 Å². The fourth-order valence-corrected chi connectivity index (χ4v) is 3.61. The van der Waals surface area contributed by atoms with E-state index in [1.807, 2.05) is 0 Å². The minimum Gasteiger partial charge on any atom is -0.343 e. The molecule has 0 aromatic carbocycles. The van der Waals surface area contributed by atoms with E-state index in [4.69, 9.17) is 4.98 Å². The molecule has 1 aromatic rings. The summed E-state index contributed by atoms with van der Waals surface area (Å²) >= 11 is 1.60. The third kappa shape index (κ3) is 3.26. The molecule has 2 fully saturated rings. The van der Waals surface area contributed by atoms with Gasteiger partial charge in [-0.15, -0.1) is 0 Å². The van der Waals surface area contributed by atoms with Crippen molar-refractivity contribution in [2.24, 2.45) is 0 Å². The van der Waals surface area contributed by atoms with Gasteiger partial charge < -0.3 is 10.2 Å². The molecule has 1 saturated carbocycles. The number of piperidine rings is 1. The lowest BCUT2D eigenvalue weighted by atomic mass is 10.0. The van der Waals surface area contributed by atoms with Gasteiger partial charge in [-0.3, -0.25) is 0 Å². The summed E-state index contributed by atoms with van der Waals surface area (Å²) in [5.41, 5.74) is 0. The third-order valence-corrected chi connectivity index (χ3v) is 4.82. The zero-order valence-corrected chi connectivity index (χ0v) is 12.6. The Bertz CT molecular complexity index is 402. The topological polar surface area (TPSA) is 41.0 Å². The normalized spacial score (nSPS) is 23.8. The molecule has 2 aliphatic rings. The summed E-state index contributed by atoms with van der Waals surface area (Å²) in [6.07, 6.45) is 7.72. The molecule has 3 rings (SSSR count). The number of aromatic nitrogens is 2. The summed E-state index contributed by atoms with van der Waals surface area (Å²) in [5.74, 6) is 1.78. The molecule has 1 unspecified atom stereocenters. The van der Waals surface area contributed by atoms with Crippen molar-refractivity contribution < 1.29 is 0 Å². The predicted molar refractivity (Wildman–Crippen MR) is 80.0 cm³/mol. The van der Waals surface area contributed by atoms with Gasteiger partial charge in [0.1, 0.15) is 5.82 Å². The van der Waals surface area contributed by atoms with Crippen LogP contribution in [0.3, 0.4) is 0 Å². The molecule has 1 aliphatic heterocycles. The van der Waals surface area contributed by atoms with E-state index in [0.29, 0.717) is 12.0 Å². The van der Waals surface area contributed by atoms with Crippen molar-refractivity contribution in [1.29, 1.82) is 0 Å². The van der Waals surface area contributed by atoms with Crippen molar-refractivity contribution >= 4 is 16.7 Å². The number of nitrogens with one attached hydrogen (secondary N) is 1. The number of rotatable bonds is 6. The maximum atomic E-state index is 4.78. The van der Waals surface area contributed by atoms with Crippen LogP contribution in [-0.4, -0.2) is 35.0 Å². The highest BCUT2D eigenvalue weighted by Crippen LogP contribution is 2.40. The quantitative estimate of drug-likeness (QED) is 0.814. The Kier molecular flexibility index (Phi) is 4.33. The highest BCUT2D eigenvalue weighted by Gasteiger charge is 2.30. The van der Waals surface area contributed by atoms with E-state index in [9.17, 15) is 0 Å². The summed E-state index contributed by atoms with van der Waals surface area (Å²) in [7, 11) is 0. The number of hydrogen-bond acceptors (Lipinski definition) is 5. The van der Waals surface area contributed by atoms with E-state index in [1.165, 1.54) is 38.5 Å². The standard InChI is InChI=1S/C14H24N4S/c1-2-8-15-10-12-5-3-4-9-18(12)14-16-13(17-19-14)11-6-7-11/h11-12,15H,2-10H2,1H3. The smallest absolute Gasteiger partial charge is 0.205 e. The molecule has 0 spiro atoms. The van der Waals surface area contributed by atoms with Crippen LogP contribution >= 0.6 is 11.5 Å². The highest BCUT2D eigenvalue weighted by atomic mass is 32.1. The van der Waals surface area contributed by atoms with Crippen molar-refractivity contribution in [3.63, 3.8) is 0 Å². The van der Waals surface area contributed by atoms with Gasteiger partial charge >= 0.3 is 0 Å². The van der Waals surface area contributed by atoms with Crippen LogP contribution in [0.4, 0.5) is 5.13 Å². The second kappa shape index (κ2) is 6.18. The predicted octanol–water partition coefficient (Wildman–Crippen LogP) is 2.77. The van der Waals surface area contributed by atoms with E-state index >= 15 is 0 Å². The van der Waals surface area contributed by atoms with Gasteiger partial charge in [0, 0.05) is 36.6 Å². The Morgan fingerprint density at radius 3 is 3.00 bits per heavy atom. The molecule has 4 nitrogen and oxygen atoms in total. The molecular weight excluding hydrogens is 256 g/mol. The monoisotopic (exact) mass is 280 g/mol. The van der Waals surface area contributed by atoms with Gasteiger partial charge in [-0.05, 0) is 45.1 Å². The number of hydrogen-bond donors (Lipinski definition) is 1. The Morgan fingerprint density at radius 2 is 2.21 bits per heavy atom. The van der Waals surface area contributed by atoms with Gasteiger partial charge in [0.2, 0.25) is 5.13 Å². The maximum absolute atomic E-state index is 4.78. The lowest BCUT2D eigenvalue weighted by molar-refractivity contribution is 0.435. The first kappa shape index (κ1) is 13.3. The summed E-state index contributed by atoms with van der Waals surface area (Å²) in [6, 6.07) is 0.611. The van der Waals surface area contributed by atoms with E-state index in [0.717, 1.165) is 30.6 Å². The van der Waals surface area contributed by atoms with Crippen LogP contribution in [0.1, 0.15) is 57.2 Å². The third-order valence-electron chi connectivity index (χ3n) is 4.05. The molecule has 2 heterocycles. The molecule has 1 aromatic heterocycles. The van der Waals surface area contributed by atoms with Crippen LogP contribution in [0.2, 0.25) is 0 Å². The average molecular weight is 280 g/mol. The second-order valence-electron chi connectivity index (χ2n) is 5.76. The fourth-order valence-electron chi connectivity index (χ4n) is 2.76. The maximum Gasteiger partial charge on any atom is 0.205 e. The van der Waals surface area contributed by atoms with Gasteiger partial charge in [-0.2, -0.15) is 4.37 Å². The van der Waals surface area contributed by atoms with Crippen molar-refractivity contribution in [1.82, 2.24) is 14.7 Å². The zero-order valence-electron chi connectivity index (χ0n) is 11.8. The van der Waals surface area contributed by atoms with E-state index < -0.39 is 0 Å². The molecule has 1 aliphatic carbocycles. The first-order chi connectivity index (χ1) is 9.38. The van der Waals surface area contributed by atoms with E-state index in [2.05, 4.69) is 21.5 Å². The van der Waals surface area contributed by atoms with Gasteiger partial charge in [-0.1, -0.05) is 6.92 Å². The highest BCUT2D eigenvalue weighted by molar-refractivity contribution is 7.09. The molecule has 5 heteroatoms. The van der Waals surface area contributed by atoms with Crippen LogP contribution in [0.15, 0.2) is 0 Å². The number of anilines is 1. The first-order valence-electron chi connectivity index (χ1n) is 7.69. The summed E-state index contributed by atoms with van der Waals surface area (Å²) in [4.78, 5) is 7.28. The average Bonchev–Trinajstić information content (AvgIpc) is 3.18. The van der Waals surface area contributed by atoms with Crippen LogP contribution in [-0.2, 0) is 0 Å². The van der Waals surface area contributed by atoms with Crippen LogP contribution in [0, 0.1) is 0 Å². The zero-order chi connectivity index (χ0) is 13.1. The van der Waals surface area contributed by atoms with Gasteiger partial charge in [-0.25, -0.2) is 4.98 Å². The summed E-state index contributed by atoms with van der Waals surface area (Å²) in [6.45, 7) is 5.58. The fraction of sp³-hybridized carbons (Fsp3) is 0.857. The lowest BCUT2D eigenvalue weighted by Crippen LogP contribution is -2.45. The largest absolute Gasteiger partial charge is 0.343 e. The first-order valence-corrected chi connectivity index (χ1v) is 8.46.